The molecule has 1 amide bonds. The number of hydrogen-bond donors (Lipinski definition) is 0. The van der Waals surface area contributed by atoms with E-state index in [9.17, 15) is 14.9 Å². The fraction of sp³-hybridized carbons (Fsp3) is 0.600. The fourth-order valence-electron chi connectivity index (χ4n) is 1.80. The maximum atomic E-state index is 12.1. The van der Waals surface area contributed by atoms with Crippen LogP contribution in [0.3, 0.4) is 0 Å². The molecule has 18 heavy (non-hydrogen) atoms. The van der Waals surface area contributed by atoms with Crippen molar-refractivity contribution in [3.63, 3.8) is 0 Å². The summed E-state index contributed by atoms with van der Waals surface area (Å²) in [6.45, 7) is 3.82. The molecule has 0 unspecified atom stereocenters. The molecule has 2 heterocycles. The number of ether oxygens (including phenoxy) is 1. The van der Waals surface area contributed by atoms with Crippen LogP contribution >= 0.6 is 0 Å². The topological polar surface area (TPSA) is 90.5 Å². The molecule has 0 N–H and O–H groups in total. The van der Waals surface area contributed by atoms with Crippen LogP contribution in [0.4, 0.5) is 5.69 Å². The Morgan fingerprint density at radius 1 is 1.56 bits per heavy atom. The van der Waals surface area contributed by atoms with E-state index in [0.29, 0.717) is 26.3 Å². The molecule has 0 aromatic carbocycles. The third-order valence-electron chi connectivity index (χ3n) is 2.88. The summed E-state index contributed by atoms with van der Waals surface area (Å²) < 4.78 is 6.48. The highest BCUT2D eigenvalue weighted by molar-refractivity contribution is 5.80. The van der Waals surface area contributed by atoms with Crippen LogP contribution in [0.15, 0.2) is 12.4 Å². The highest BCUT2D eigenvalue weighted by atomic mass is 16.6. The first-order valence-corrected chi connectivity index (χ1v) is 5.64. The molecule has 1 fully saturated rings. The molecule has 1 aromatic heterocycles. The summed E-state index contributed by atoms with van der Waals surface area (Å²) in [7, 11) is 0. The first-order valence-electron chi connectivity index (χ1n) is 5.64. The first-order chi connectivity index (χ1) is 8.59. The molecule has 1 saturated heterocycles. The van der Waals surface area contributed by atoms with Crippen molar-refractivity contribution in [2.24, 2.45) is 0 Å². The van der Waals surface area contributed by atoms with Crippen molar-refractivity contribution in [1.29, 1.82) is 0 Å². The third-order valence-corrected chi connectivity index (χ3v) is 2.88. The van der Waals surface area contributed by atoms with Crippen LogP contribution in [-0.4, -0.2) is 51.8 Å². The molecule has 2 rings (SSSR count). The molecule has 1 aliphatic rings. The standard InChI is InChI=1S/C10H14N4O4/c1-8(10(15)12-2-4-18-5-3-12)13-7-9(6-11-13)14(16)17/h6-8H,2-5H2,1H3/t8-/m1/s1. The van der Waals surface area contributed by atoms with Crippen LogP contribution in [0.5, 0.6) is 0 Å². The summed E-state index contributed by atoms with van der Waals surface area (Å²) in [6.07, 6.45) is 2.41. The van der Waals surface area contributed by atoms with Crippen LogP contribution in [0.2, 0.25) is 0 Å². The van der Waals surface area contributed by atoms with Gasteiger partial charge in [-0.2, -0.15) is 5.10 Å². The summed E-state index contributed by atoms with van der Waals surface area (Å²) >= 11 is 0. The van der Waals surface area contributed by atoms with Gasteiger partial charge in [0.05, 0.1) is 18.1 Å². The lowest BCUT2D eigenvalue weighted by molar-refractivity contribution is -0.385. The SMILES string of the molecule is C[C@H](C(=O)N1CCOCC1)n1cc([N+](=O)[O-])cn1. The van der Waals surface area contributed by atoms with Gasteiger partial charge >= 0.3 is 5.69 Å². The molecule has 0 saturated carbocycles. The lowest BCUT2D eigenvalue weighted by atomic mass is 10.2. The van der Waals surface area contributed by atoms with E-state index < -0.39 is 11.0 Å². The van der Waals surface area contributed by atoms with Gasteiger partial charge in [0.1, 0.15) is 18.4 Å². The normalized spacial score (nSPS) is 17.5. The Morgan fingerprint density at radius 3 is 2.78 bits per heavy atom. The maximum absolute atomic E-state index is 12.1. The van der Waals surface area contributed by atoms with E-state index in [4.69, 9.17) is 4.74 Å². The van der Waals surface area contributed by atoms with Crippen molar-refractivity contribution < 1.29 is 14.5 Å². The molecule has 0 radical (unpaired) electrons. The maximum Gasteiger partial charge on any atom is 0.307 e. The van der Waals surface area contributed by atoms with Crippen molar-refractivity contribution in [3.05, 3.63) is 22.5 Å². The predicted octanol–water partition coefficient (Wildman–Crippen LogP) is 0.211. The van der Waals surface area contributed by atoms with Gasteiger partial charge in [-0.3, -0.25) is 19.6 Å². The average Bonchev–Trinajstić information content (AvgIpc) is 2.88. The Bertz CT molecular complexity index is 452. The number of aromatic nitrogens is 2. The number of nitrogens with zero attached hydrogens (tertiary/aromatic N) is 4. The molecule has 0 bridgehead atoms. The van der Waals surface area contributed by atoms with Gasteiger partial charge < -0.3 is 9.64 Å². The largest absolute Gasteiger partial charge is 0.378 e. The third kappa shape index (κ3) is 2.48. The summed E-state index contributed by atoms with van der Waals surface area (Å²) in [6, 6.07) is -0.545. The van der Waals surface area contributed by atoms with Gasteiger partial charge in [0.25, 0.3) is 0 Å². The molecule has 8 nitrogen and oxygen atoms in total. The van der Waals surface area contributed by atoms with Crippen LogP contribution in [0, 0.1) is 10.1 Å². The molecule has 1 aliphatic heterocycles. The Hall–Kier alpha value is -1.96. The highest BCUT2D eigenvalue weighted by Gasteiger charge is 2.25. The molecular formula is C10H14N4O4. The second-order valence-electron chi connectivity index (χ2n) is 4.05. The first kappa shape index (κ1) is 12.5. The van der Waals surface area contributed by atoms with Crippen molar-refractivity contribution >= 4 is 11.6 Å². The Kier molecular flexibility index (Phi) is 3.56. The lowest BCUT2D eigenvalue weighted by Crippen LogP contribution is -2.43. The van der Waals surface area contributed by atoms with E-state index in [1.807, 2.05) is 0 Å². The number of carbonyl (C=O) groups is 1. The van der Waals surface area contributed by atoms with Gasteiger partial charge in [-0.25, -0.2) is 0 Å². The second-order valence-corrected chi connectivity index (χ2v) is 4.05. The van der Waals surface area contributed by atoms with Gasteiger partial charge in [-0.05, 0) is 6.92 Å². The average molecular weight is 254 g/mol. The number of morpholine rings is 1. The minimum absolute atomic E-state index is 0.101. The zero-order chi connectivity index (χ0) is 13.1. The summed E-state index contributed by atoms with van der Waals surface area (Å²) in [4.78, 5) is 23.8. The molecule has 98 valence electrons. The van der Waals surface area contributed by atoms with E-state index in [0.717, 1.165) is 6.20 Å². The second kappa shape index (κ2) is 5.13. The van der Waals surface area contributed by atoms with Crippen LogP contribution in [0.25, 0.3) is 0 Å². The highest BCUT2D eigenvalue weighted by Crippen LogP contribution is 2.15. The smallest absolute Gasteiger partial charge is 0.307 e. The zero-order valence-corrected chi connectivity index (χ0v) is 9.98. The van der Waals surface area contributed by atoms with Gasteiger partial charge in [-0.15, -0.1) is 0 Å². The minimum Gasteiger partial charge on any atom is -0.378 e. The molecular weight excluding hydrogens is 240 g/mol. The van der Waals surface area contributed by atoms with Crippen LogP contribution in [-0.2, 0) is 9.53 Å². The van der Waals surface area contributed by atoms with Crippen molar-refractivity contribution in [1.82, 2.24) is 14.7 Å². The van der Waals surface area contributed by atoms with Crippen molar-refractivity contribution in [2.45, 2.75) is 13.0 Å². The molecule has 8 heteroatoms. The van der Waals surface area contributed by atoms with Crippen molar-refractivity contribution in [3.8, 4) is 0 Å². The van der Waals surface area contributed by atoms with E-state index in [1.54, 1.807) is 11.8 Å². The minimum atomic E-state index is -0.545. The molecule has 0 spiro atoms. The molecule has 1 aromatic rings. The van der Waals surface area contributed by atoms with Crippen molar-refractivity contribution in [2.75, 3.05) is 26.3 Å². The molecule has 1 atom stereocenters. The fourth-order valence-corrected chi connectivity index (χ4v) is 1.80. The van der Waals surface area contributed by atoms with Gasteiger partial charge in [0, 0.05) is 13.1 Å². The van der Waals surface area contributed by atoms with Crippen LogP contribution in [0.1, 0.15) is 13.0 Å². The van der Waals surface area contributed by atoms with E-state index >= 15 is 0 Å². The van der Waals surface area contributed by atoms with E-state index in [1.165, 1.54) is 10.9 Å². The number of rotatable bonds is 3. The Balaban J connectivity index is 2.06. The molecule has 0 aliphatic carbocycles. The Morgan fingerprint density at radius 2 is 2.22 bits per heavy atom. The number of hydrogen-bond acceptors (Lipinski definition) is 5. The van der Waals surface area contributed by atoms with E-state index in [2.05, 4.69) is 5.10 Å². The zero-order valence-electron chi connectivity index (χ0n) is 9.98. The Labute approximate surface area is 103 Å². The summed E-state index contributed by atoms with van der Waals surface area (Å²) in [5.74, 6) is -0.101. The van der Waals surface area contributed by atoms with E-state index in [-0.39, 0.29) is 11.6 Å². The van der Waals surface area contributed by atoms with Gasteiger partial charge in [0.15, 0.2) is 0 Å². The monoisotopic (exact) mass is 254 g/mol. The van der Waals surface area contributed by atoms with Gasteiger partial charge in [-0.1, -0.05) is 0 Å². The van der Waals surface area contributed by atoms with Crippen LogP contribution < -0.4 is 0 Å². The lowest BCUT2D eigenvalue weighted by Gasteiger charge is -2.29. The van der Waals surface area contributed by atoms with Gasteiger partial charge in [0.2, 0.25) is 5.91 Å². The summed E-state index contributed by atoms with van der Waals surface area (Å²) in [5, 5.41) is 14.4. The number of nitro groups is 1. The predicted molar refractivity (Wildman–Crippen MR) is 61.0 cm³/mol. The quantitative estimate of drug-likeness (QED) is 0.568. The number of carbonyl (C=O) groups excluding carboxylic acids is 1. The summed E-state index contributed by atoms with van der Waals surface area (Å²) in [5.41, 5.74) is -0.114. The number of amides is 1.